The zero-order valence-corrected chi connectivity index (χ0v) is 14.5. The van der Waals surface area contributed by atoms with Gasteiger partial charge in [-0.1, -0.05) is 31.4 Å². The van der Waals surface area contributed by atoms with Crippen molar-refractivity contribution < 1.29 is 33.5 Å². The van der Waals surface area contributed by atoms with Crippen LogP contribution in [-0.2, 0) is 28.7 Å². The SMILES string of the molecule is COC(=O)OC/C=C/CCCCCCCC(=O)ON1C(=O)CCC1=O. The van der Waals surface area contributed by atoms with Crippen LogP contribution in [0.4, 0.5) is 4.79 Å². The van der Waals surface area contributed by atoms with E-state index in [1.54, 1.807) is 6.08 Å². The molecule has 0 unspecified atom stereocenters. The Kier molecular flexibility index (Phi) is 9.96. The maximum atomic E-state index is 11.6. The van der Waals surface area contributed by atoms with Crippen molar-refractivity contribution >= 4 is 23.9 Å². The zero-order valence-electron chi connectivity index (χ0n) is 14.5. The Morgan fingerprint density at radius 1 is 1.00 bits per heavy atom. The molecular weight excluding hydrogens is 330 g/mol. The van der Waals surface area contributed by atoms with E-state index in [0.717, 1.165) is 32.1 Å². The molecule has 0 radical (unpaired) electrons. The van der Waals surface area contributed by atoms with Gasteiger partial charge in [-0.3, -0.25) is 9.59 Å². The average Bonchev–Trinajstić information content (AvgIpc) is 2.91. The van der Waals surface area contributed by atoms with Gasteiger partial charge < -0.3 is 14.3 Å². The van der Waals surface area contributed by atoms with Crippen molar-refractivity contribution in [1.29, 1.82) is 0 Å². The summed E-state index contributed by atoms with van der Waals surface area (Å²) in [7, 11) is 1.26. The van der Waals surface area contributed by atoms with Crippen molar-refractivity contribution in [2.45, 2.75) is 57.8 Å². The van der Waals surface area contributed by atoms with Gasteiger partial charge >= 0.3 is 12.1 Å². The Morgan fingerprint density at radius 2 is 1.64 bits per heavy atom. The number of methoxy groups -OCH3 is 1. The molecule has 2 amide bonds. The molecule has 8 heteroatoms. The number of carbonyl (C=O) groups excluding carboxylic acids is 4. The highest BCUT2D eigenvalue weighted by molar-refractivity contribution is 6.01. The van der Waals surface area contributed by atoms with Crippen molar-refractivity contribution in [2.24, 2.45) is 0 Å². The van der Waals surface area contributed by atoms with Gasteiger partial charge in [-0.2, -0.15) is 0 Å². The minimum atomic E-state index is -0.693. The van der Waals surface area contributed by atoms with Gasteiger partial charge in [-0.25, -0.2) is 9.59 Å². The Balaban J connectivity index is 1.94. The van der Waals surface area contributed by atoms with Crippen LogP contribution in [0, 0.1) is 0 Å². The number of hydrogen-bond acceptors (Lipinski definition) is 7. The fourth-order valence-electron chi connectivity index (χ4n) is 2.23. The van der Waals surface area contributed by atoms with E-state index < -0.39 is 23.9 Å². The minimum absolute atomic E-state index is 0.107. The first-order valence-corrected chi connectivity index (χ1v) is 8.47. The van der Waals surface area contributed by atoms with Gasteiger partial charge in [-0.05, 0) is 19.3 Å². The number of rotatable bonds is 11. The van der Waals surface area contributed by atoms with Gasteiger partial charge in [0, 0.05) is 19.3 Å². The van der Waals surface area contributed by atoms with Crippen LogP contribution in [0.5, 0.6) is 0 Å². The van der Waals surface area contributed by atoms with Gasteiger partial charge in [0.2, 0.25) is 0 Å². The van der Waals surface area contributed by atoms with E-state index in [0.29, 0.717) is 11.5 Å². The number of amides is 2. The summed E-state index contributed by atoms with van der Waals surface area (Å²) < 4.78 is 9.03. The molecule has 0 aliphatic carbocycles. The molecule has 0 atom stereocenters. The maximum Gasteiger partial charge on any atom is 0.508 e. The van der Waals surface area contributed by atoms with E-state index in [-0.39, 0.29) is 25.9 Å². The van der Waals surface area contributed by atoms with E-state index in [1.807, 2.05) is 6.08 Å². The summed E-state index contributed by atoms with van der Waals surface area (Å²) in [5.74, 6) is -1.45. The van der Waals surface area contributed by atoms with Crippen molar-refractivity contribution in [1.82, 2.24) is 5.06 Å². The molecule has 1 heterocycles. The van der Waals surface area contributed by atoms with Crippen LogP contribution in [0.1, 0.15) is 57.8 Å². The van der Waals surface area contributed by atoms with E-state index in [1.165, 1.54) is 7.11 Å². The normalized spacial score (nSPS) is 14.2. The molecule has 25 heavy (non-hydrogen) atoms. The second kappa shape index (κ2) is 12.0. The number of hydroxylamine groups is 2. The molecule has 0 bridgehead atoms. The first-order valence-electron chi connectivity index (χ1n) is 8.47. The van der Waals surface area contributed by atoms with Crippen LogP contribution < -0.4 is 0 Å². The second-order valence-electron chi connectivity index (χ2n) is 5.59. The molecule has 0 aromatic carbocycles. The molecule has 1 aliphatic rings. The monoisotopic (exact) mass is 355 g/mol. The Labute approximate surface area is 147 Å². The van der Waals surface area contributed by atoms with Gasteiger partial charge in [0.25, 0.3) is 11.8 Å². The lowest BCUT2D eigenvalue weighted by molar-refractivity contribution is -0.197. The fourth-order valence-corrected chi connectivity index (χ4v) is 2.23. The standard InChI is InChI=1S/C17H25NO7/c1-23-17(22)24-13-9-7-5-3-2-4-6-8-10-16(21)25-18-14(19)11-12-15(18)20/h7,9H,2-6,8,10-13H2,1H3/b9-7+. The molecule has 1 saturated heterocycles. The summed E-state index contributed by atoms with van der Waals surface area (Å²) in [6.07, 6.45) is 8.90. The summed E-state index contributed by atoms with van der Waals surface area (Å²) in [6, 6.07) is 0. The number of hydrogen-bond donors (Lipinski definition) is 0. The van der Waals surface area contributed by atoms with E-state index in [4.69, 9.17) is 9.57 Å². The zero-order chi connectivity index (χ0) is 18.5. The predicted molar refractivity (Wildman–Crippen MR) is 87.0 cm³/mol. The molecule has 0 N–H and O–H groups in total. The van der Waals surface area contributed by atoms with Crippen LogP contribution in [-0.4, -0.2) is 42.7 Å². The summed E-state index contributed by atoms with van der Waals surface area (Å²) in [5, 5.41) is 0.582. The maximum absolute atomic E-state index is 11.6. The quantitative estimate of drug-likeness (QED) is 0.243. The van der Waals surface area contributed by atoms with Crippen molar-refractivity contribution in [3.05, 3.63) is 12.2 Å². The summed E-state index contributed by atoms with van der Waals surface area (Å²) in [5.41, 5.74) is 0. The molecule has 8 nitrogen and oxygen atoms in total. The van der Waals surface area contributed by atoms with Crippen molar-refractivity contribution in [3.63, 3.8) is 0 Å². The molecule has 1 fully saturated rings. The lowest BCUT2D eigenvalue weighted by Crippen LogP contribution is -2.31. The van der Waals surface area contributed by atoms with Crippen LogP contribution in [0.15, 0.2) is 12.2 Å². The summed E-state index contributed by atoms with van der Waals surface area (Å²) in [4.78, 5) is 49.6. The molecule has 1 aliphatic heterocycles. The van der Waals surface area contributed by atoms with E-state index in [9.17, 15) is 19.2 Å². The third kappa shape index (κ3) is 8.88. The van der Waals surface area contributed by atoms with Crippen LogP contribution in [0.3, 0.4) is 0 Å². The highest BCUT2D eigenvalue weighted by Gasteiger charge is 2.32. The molecule has 0 spiro atoms. The third-order valence-electron chi connectivity index (χ3n) is 3.58. The van der Waals surface area contributed by atoms with Gasteiger partial charge in [-0.15, -0.1) is 5.06 Å². The van der Waals surface area contributed by atoms with E-state index in [2.05, 4.69) is 4.74 Å². The predicted octanol–water partition coefficient (Wildman–Crippen LogP) is 2.66. The molecule has 0 aromatic heterocycles. The van der Waals surface area contributed by atoms with Crippen molar-refractivity contribution in [2.75, 3.05) is 13.7 Å². The topological polar surface area (TPSA) is 99.2 Å². The lowest BCUT2D eigenvalue weighted by Gasteiger charge is -2.12. The molecule has 1 rings (SSSR count). The van der Waals surface area contributed by atoms with Crippen LogP contribution in [0.25, 0.3) is 0 Å². The van der Waals surface area contributed by atoms with E-state index >= 15 is 0 Å². The average molecular weight is 355 g/mol. The lowest BCUT2D eigenvalue weighted by atomic mass is 10.1. The van der Waals surface area contributed by atoms with Crippen LogP contribution in [0.2, 0.25) is 0 Å². The molecule has 140 valence electrons. The second-order valence-corrected chi connectivity index (χ2v) is 5.59. The highest BCUT2D eigenvalue weighted by atomic mass is 16.7. The number of nitrogens with zero attached hydrogens (tertiary/aromatic N) is 1. The van der Waals surface area contributed by atoms with Crippen LogP contribution >= 0.6 is 0 Å². The first kappa shape index (κ1) is 20.7. The Hall–Kier alpha value is -2.38. The molecular formula is C17H25NO7. The third-order valence-corrected chi connectivity index (χ3v) is 3.58. The van der Waals surface area contributed by atoms with Gasteiger partial charge in [0.1, 0.15) is 6.61 Å². The summed E-state index contributed by atoms with van der Waals surface area (Å²) >= 11 is 0. The molecule has 0 aromatic rings. The smallest absolute Gasteiger partial charge is 0.438 e. The minimum Gasteiger partial charge on any atom is -0.438 e. The largest absolute Gasteiger partial charge is 0.508 e. The fraction of sp³-hybridized carbons (Fsp3) is 0.647. The molecule has 0 saturated carbocycles. The van der Waals surface area contributed by atoms with Crippen molar-refractivity contribution in [3.8, 4) is 0 Å². The number of allylic oxidation sites excluding steroid dienone is 1. The Morgan fingerprint density at radius 3 is 2.32 bits per heavy atom. The first-order chi connectivity index (χ1) is 12.0. The number of imide groups is 1. The van der Waals surface area contributed by atoms with Gasteiger partial charge in [0.05, 0.1) is 7.11 Å². The summed E-state index contributed by atoms with van der Waals surface area (Å²) in [6.45, 7) is 0.205. The number of carbonyl (C=O) groups is 4. The highest BCUT2D eigenvalue weighted by Crippen LogP contribution is 2.14. The van der Waals surface area contributed by atoms with Gasteiger partial charge in [0.15, 0.2) is 0 Å². The number of unbranched alkanes of at least 4 members (excludes halogenated alkanes) is 5. The Bertz CT molecular complexity index is 485. The number of ether oxygens (including phenoxy) is 2.